The molecule has 1 amide bonds. The lowest BCUT2D eigenvalue weighted by Crippen LogP contribution is -2.41. The Labute approximate surface area is 203 Å². The average molecular weight is 481 g/mol. The van der Waals surface area contributed by atoms with Crippen molar-refractivity contribution in [3.63, 3.8) is 0 Å². The first-order valence-corrected chi connectivity index (χ1v) is 12.2. The second-order valence-corrected chi connectivity index (χ2v) is 9.03. The van der Waals surface area contributed by atoms with Crippen molar-refractivity contribution in [3.05, 3.63) is 66.0 Å². The molecule has 1 saturated heterocycles. The van der Waals surface area contributed by atoms with Crippen LogP contribution in [0, 0.1) is 12.8 Å². The van der Waals surface area contributed by atoms with Gasteiger partial charge >= 0.3 is 5.97 Å². The Kier molecular flexibility index (Phi) is 7.84. The zero-order valence-electron chi connectivity index (χ0n) is 19.3. The highest BCUT2D eigenvalue weighted by atomic mass is 32.2. The lowest BCUT2D eigenvalue weighted by Gasteiger charge is -2.30. The van der Waals surface area contributed by atoms with E-state index in [1.807, 2.05) is 66.1 Å². The number of aryl methyl sites for hydroxylation is 1. The largest absolute Gasteiger partial charge is 0.485 e. The lowest BCUT2D eigenvalue weighted by atomic mass is 9.97. The van der Waals surface area contributed by atoms with Crippen LogP contribution in [0.2, 0.25) is 0 Å². The van der Waals surface area contributed by atoms with Gasteiger partial charge in [0.25, 0.3) is 0 Å². The van der Waals surface area contributed by atoms with Crippen molar-refractivity contribution in [1.29, 1.82) is 0 Å². The monoisotopic (exact) mass is 480 g/mol. The van der Waals surface area contributed by atoms with Crippen molar-refractivity contribution < 1.29 is 19.1 Å². The number of aromatic nitrogens is 3. The van der Waals surface area contributed by atoms with E-state index in [9.17, 15) is 9.59 Å². The number of rotatable bonds is 8. The molecule has 178 valence electrons. The average Bonchev–Trinajstić information content (AvgIpc) is 3.29. The van der Waals surface area contributed by atoms with Gasteiger partial charge in [-0.2, -0.15) is 0 Å². The zero-order valence-corrected chi connectivity index (χ0v) is 20.2. The minimum atomic E-state index is -0.196. The molecule has 3 aromatic rings. The number of carbonyl (C=O) groups is 2. The van der Waals surface area contributed by atoms with E-state index in [2.05, 4.69) is 10.2 Å². The van der Waals surface area contributed by atoms with Gasteiger partial charge in [-0.1, -0.05) is 48.2 Å². The first-order valence-electron chi connectivity index (χ1n) is 11.2. The van der Waals surface area contributed by atoms with E-state index in [4.69, 9.17) is 9.47 Å². The third-order valence-electron chi connectivity index (χ3n) is 5.87. The second-order valence-electron chi connectivity index (χ2n) is 8.09. The van der Waals surface area contributed by atoms with E-state index in [0.717, 1.165) is 17.0 Å². The Morgan fingerprint density at radius 3 is 2.44 bits per heavy atom. The summed E-state index contributed by atoms with van der Waals surface area (Å²) in [5, 5.41) is 9.34. The molecule has 8 nitrogen and oxygen atoms in total. The number of thioether (sulfide) groups is 1. The maximum atomic E-state index is 12.8. The number of likely N-dealkylation sites (tertiary alicyclic amines) is 1. The summed E-state index contributed by atoms with van der Waals surface area (Å²) in [6.45, 7) is 3.36. The Balaban J connectivity index is 1.44. The van der Waals surface area contributed by atoms with Crippen LogP contribution in [0.15, 0.2) is 59.8 Å². The van der Waals surface area contributed by atoms with Crippen molar-refractivity contribution in [2.75, 3.05) is 26.0 Å². The lowest BCUT2D eigenvalue weighted by molar-refractivity contribution is -0.148. The van der Waals surface area contributed by atoms with E-state index >= 15 is 0 Å². The van der Waals surface area contributed by atoms with Crippen LogP contribution in [0.25, 0.3) is 5.69 Å². The number of carbonyl (C=O) groups excluding carboxylic acids is 2. The topological polar surface area (TPSA) is 86.6 Å². The van der Waals surface area contributed by atoms with Crippen LogP contribution >= 0.6 is 11.8 Å². The molecule has 1 aromatic heterocycles. The smallest absolute Gasteiger partial charge is 0.308 e. The van der Waals surface area contributed by atoms with Crippen molar-refractivity contribution in [3.8, 4) is 11.4 Å². The van der Waals surface area contributed by atoms with Crippen LogP contribution in [0.3, 0.4) is 0 Å². The van der Waals surface area contributed by atoms with Gasteiger partial charge in [-0.15, -0.1) is 10.2 Å². The van der Waals surface area contributed by atoms with E-state index in [1.165, 1.54) is 18.9 Å². The number of hydrogen-bond donors (Lipinski definition) is 0. The number of para-hydroxylation sites is 2. The molecule has 0 unspecified atom stereocenters. The van der Waals surface area contributed by atoms with Crippen molar-refractivity contribution in [1.82, 2.24) is 19.7 Å². The molecule has 0 N–H and O–H groups in total. The highest BCUT2D eigenvalue weighted by Gasteiger charge is 2.28. The molecule has 2 heterocycles. The zero-order chi connectivity index (χ0) is 23.9. The summed E-state index contributed by atoms with van der Waals surface area (Å²) in [5.74, 6) is 1.39. The molecule has 0 aliphatic carbocycles. The number of methoxy groups -OCH3 is 1. The third kappa shape index (κ3) is 5.59. The summed E-state index contributed by atoms with van der Waals surface area (Å²) in [6, 6.07) is 17.6. The highest BCUT2D eigenvalue weighted by molar-refractivity contribution is 7.99. The molecule has 9 heteroatoms. The third-order valence-corrected chi connectivity index (χ3v) is 6.79. The number of nitrogens with zero attached hydrogens (tertiary/aromatic N) is 4. The quantitative estimate of drug-likeness (QED) is 0.359. The number of hydrogen-bond acceptors (Lipinski definition) is 7. The van der Waals surface area contributed by atoms with E-state index < -0.39 is 0 Å². The molecule has 1 fully saturated rings. The molecule has 0 spiro atoms. The molecule has 0 bridgehead atoms. The molecule has 2 aromatic carbocycles. The van der Waals surface area contributed by atoms with Gasteiger partial charge < -0.3 is 14.4 Å². The minimum absolute atomic E-state index is 0.0219. The molecule has 0 radical (unpaired) electrons. The fourth-order valence-corrected chi connectivity index (χ4v) is 4.81. The van der Waals surface area contributed by atoms with Crippen LogP contribution in [0.5, 0.6) is 5.75 Å². The highest BCUT2D eigenvalue weighted by Crippen LogP contribution is 2.25. The Morgan fingerprint density at radius 2 is 1.74 bits per heavy atom. The van der Waals surface area contributed by atoms with Crippen molar-refractivity contribution in [2.24, 2.45) is 5.92 Å². The maximum Gasteiger partial charge on any atom is 0.308 e. The van der Waals surface area contributed by atoms with Gasteiger partial charge in [0.2, 0.25) is 5.91 Å². The fraction of sp³-hybridized carbons (Fsp3) is 0.360. The van der Waals surface area contributed by atoms with Crippen LogP contribution in [-0.4, -0.2) is 57.5 Å². The fourth-order valence-electron chi connectivity index (χ4n) is 3.93. The number of esters is 1. The van der Waals surface area contributed by atoms with Gasteiger partial charge in [-0.05, 0) is 43.5 Å². The number of benzene rings is 2. The molecule has 0 saturated carbocycles. The second kappa shape index (κ2) is 11.2. The Hall–Kier alpha value is -3.33. The molecular weight excluding hydrogens is 452 g/mol. The number of amides is 1. The molecule has 4 rings (SSSR count). The molecule has 34 heavy (non-hydrogen) atoms. The summed E-state index contributed by atoms with van der Waals surface area (Å²) in [4.78, 5) is 26.4. The SMILES string of the molecule is COC(=O)C1CCN(C(=O)CSc2nnc(COc3ccccc3C)n2-c2ccccc2)CC1. The summed E-state index contributed by atoms with van der Waals surface area (Å²) in [5.41, 5.74) is 1.95. The van der Waals surface area contributed by atoms with Crippen LogP contribution in [0.4, 0.5) is 0 Å². The number of ether oxygens (including phenoxy) is 2. The summed E-state index contributed by atoms with van der Waals surface area (Å²) >= 11 is 1.35. The number of piperidine rings is 1. The van der Waals surface area contributed by atoms with Gasteiger partial charge in [-0.3, -0.25) is 14.2 Å². The van der Waals surface area contributed by atoms with Gasteiger partial charge in [0.05, 0.1) is 18.8 Å². The van der Waals surface area contributed by atoms with Crippen LogP contribution in [-0.2, 0) is 20.9 Å². The molecule has 1 aliphatic heterocycles. The molecule has 1 aliphatic rings. The van der Waals surface area contributed by atoms with E-state index in [-0.39, 0.29) is 30.2 Å². The van der Waals surface area contributed by atoms with E-state index in [0.29, 0.717) is 36.9 Å². The summed E-state index contributed by atoms with van der Waals surface area (Å²) < 4.78 is 12.8. The molecular formula is C25H28N4O4S. The van der Waals surface area contributed by atoms with Gasteiger partial charge in [0.15, 0.2) is 11.0 Å². The Bertz CT molecular complexity index is 1130. The summed E-state index contributed by atoms with van der Waals surface area (Å²) in [7, 11) is 1.40. The van der Waals surface area contributed by atoms with Crippen LogP contribution in [0.1, 0.15) is 24.2 Å². The first-order chi connectivity index (χ1) is 16.6. The Morgan fingerprint density at radius 1 is 1.03 bits per heavy atom. The normalized spacial score (nSPS) is 14.1. The standard InChI is InChI=1S/C25H28N4O4S/c1-18-8-6-7-11-21(18)33-16-22-26-27-25(29(22)20-9-4-3-5-10-20)34-17-23(30)28-14-12-19(13-15-28)24(31)32-2/h3-11,19H,12-17H2,1-2H3. The maximum absolute atomic E-state index is 12.8. The molecule has 0 atom stereocenters. The van der Waals surface area contributed by atoms with Gasteiger partial charge in [-0.25, -0.2) is 0 Å². The van der Waals surface area contributed by atoms with E-state index in [1.54, 1.807) is 4.90 Å². The van der Waals surface area contributed by atoms with Crippen molar-refractivity contribution in [2.45, 2.75) is 31.5 Å². The first kappa shape index (κ1) is 23.8. The van der Waals surface area contributed by atoms with Gasteiger partial charge in [0, 0.05) is 18.8 Å². The van der Waals surface area contributed by atoms with Gasteiger partial charge in [0.1, 0.15) is 12.4 Å². The predicted molar refractivity (Wildman–Crippen MR) is 129 cm³/mol. The van der Waals surface area contributed by atoms with Crippen molar-refractivity contribution >= 4 is 23.6 Å². The predicted octanol–water partition coefficient (Wildman–Crippen LogP) is 3.66. The minimum Gasteiger partial charge on any atom is -0.485 e. The summed E-state index contributed by atoms with van der Waals surface area (Å²) in [6.07, 6.45) is 1.26. The van der Waals surface area contributed by atoms with Crippen LogP contribution < -0.4 is 4.74 Å².